The van der Waals surface area contributed by atoms with Crippen LogP contribution in [0.25, 0.3) is 0 Å². The second-order valence-electron chi connectivity index (χ2n) is 6.79. The van der Waals surface area contributed by atoms with Gasteiger partial charge in [0.1, 0.15) is 5.75 Å². The summed E-state index contributed by atoms with van der Waals surface area (Å²) in [5.41, 5.74) is 1.31. The van der Waals surface area contributed by atoms with Crippen LogP contribution < -0.4 is 10.1 Å². The third kappa shape index (κ3) is 12.9. The molecule has 0 bridgehead atoms. The molecule has 0 spiro atoms. The standard InChI is InChI=1S/C22H39NO2/c1-3-4-5-6-7-8-9-10-11-18-25-19-17-23-16-15-21-13-12-14-22(20-21)24-2/h12-14,20,23H,3-11,15-19H2,1-2H3. The van der Waals surface area contributed by atoms with E-state index in [0.717, 1.165) is 38.5 Å². The number of ether oxygens (including phenoxy) is 2. The van der Waals surface area contributed by atoms with E-state index in [4.69, 9.17) is 9.47 Å². The molecule has 1 N–H and O–H groups in total. The van der Waals surface area contributed by atoms with E-state index in [1.54, 1.807) is 7.11 Å². The van der Waals surface area contributed by atoms with Gasteiger partial charge in [-0.1, -0.05) is 70.4 Å². The van der Waals surface area contributed by atoms with Crippen molar-refractivity contribution >= 4 is 0 Å². The van der Waals surface area contributed by atoms with Gasteiger partial charge in [-0.25, -0.2) is 0 Å². The number of methoxy groups -OCH3 is 1. The number of unbranched alkanes of at least 4 members (excludes halogenated alkanes) is 8. The zero-order valence-corrected chi connectivity index (χ0v) is 16.5. The Hall–Kier alpha value is -1.06. The predicted molar refractivity (Wildman–Crippen MR) is 108 cm³/mol. The minimum absolute atomic E-state index is 0.815. The summed E-state index contributed by atoms with van der Waals surface area (Å²) in [6.07, 6.45) is 13.3. The van der Waals surface area contributed by atoms with Crippen molar-refractivity contribution in [3.05, 3.63) is 29.8 Å². The van der Waals surface area contributed by atoms with Gasteiger partial charge in [-0.3, -0.25) is 0 Å². The molecule has 1 rings (SSSR count). The fourth-order valence-corrected chi connectivity index (χ4v) is 2.95. The van der Waals surface area contributed by atoms with Gasteiger partial charge >= 0.3 is 0 Å². The molecule has 0 radical (unpaired) electrons. The Kier molecular flexibility index (Phi) is 14.4. The highest BCUT2D eigenvalue weighted by molar-refractivity contribution is 5.28. The fourth-order valence-electron chi connectivity index (χ4n) is 2.95. The quantitative estimate of drug-likeness (QED) is 0.383. The fraction of sp³-hybridized carbons (Fsp3) is 0.727. The van der Waals surface area contributed by atoms with Crippen molar-refractivity contribution in [2.75, 3.05) is 33.4 Å². The van der Waals surface area contributed by atoms with Crippen LogP contribution in [0.3, 0.4) is 0 Å². The number of benzene rings is 1. The van der Waals surface area contributed by atoms with Crippen LogP contribution in [0.15, 0.2) is 24.3 Å². The topological polar surface area (TPSA) is 30.5 Å². The first-order valence-corrected chi connectivity index (χ1v) is 10.3. The highest BCUT2D eigenvalue weighted by Gasteiger charge is 1.96. The van der Waals surface area contributed by atoms with Gasteiger partial charge in [0.25, 0.3) is 0 Å². The van der Waals surface area contributed by atoms with Crippen molar-refractivity contribution in [2.24, 2.45) is 0 Å². The van der Waals surface area contributed by atoms with E-state index in [1.165, 1.54) is 63.4 Å². The number of hydrogen-bond donors (Lipinski definition) is 1. The third-order valence-corrected chi connectivity index (χ3v) is 4.54. The van der Waals surface area contributed by atoms with Crippen LogP contribution in [-0.4, -0.2) is 33.4 Å². The van der Waals surface area contributed by atoms with Crippen LogP contribution in [0.5, 0.6) is 5.75 Å². The maximum atomic E-state index is 5.70. The van der Waals surface area contributed by atoms with E-state index >= 15 is 0 Å². The smallest absolute Gasteiger partial charge is 0.119 e. The molecule has 0 aliphatic rings. The van der Waals surface area contributed by atoms with Crippen molar-refractivity contribution < 1.29 is 9.47 Å². The molecule has 0 aromatic heterocycles. The maximum absolute atomic E-state index is 5.70. The Morgan fingerprint density at radius 3 is 2.28 bits per heavy atom. The Morgan fingerprint density at radius 2 is 1.56 bits per heavy atom. The molecule has 1 aromatic carbocycles. The number of rotatable bonds is 17. The molecule has 0 heterocycles. The first-order chi connectivity index (χ1) is 12.4. The monoisotopic (exact) mass is 349 g/mol. The lowest BCUT2D eigenvalue weighted by atomic mass is 10.1. The SMILES string of the molecule is CCCCCCCCCCCOCCNCCc1cccc(OC)c1. The molecule has 0 atom stereocenters. The van der Waals surface area contributed by atoms with E-state index in [0.29, 0.717) is 0 Å². The van der Waals surface area contributed by atoms with E-state index in [1.807, 2.05) is 12.1 Å². The Morgan fingerprint density at radius 1 is 0.840 bits per heavy atom. The van der Waals surface area contributed by atoms with Crippen LogP contribution in [0.4, 0.5) is 0 Å². The highest BCUT2D eigenvalue weighted by atomic mass is 16.5. The molecule has 0 amide bonds. The molecule has 0 fully saturated rings. The zero-order valence-electron chi connectivity index (χ0n) is 16.5. The van der Waals surface area contributed by atoms with Gasteiger partial charge in [-0.15, -0.1) is 0 Å². The summed E-state index contributed by atoms with van der Waals surface area (Å²) in [4.78, 5) is 0. The van der Waals surface area contributed by atoms with Gasteiger partial charge in [-0.05, 0) is 37.1 Å². The summed E-state index contributed by atoms with van der Waals surface area (Å²) in [7, 11) is 1.71. The molecular weight excluding hydrogens is 310 g/mol. The molecule has 3 heteroatoms. The van der Waals surface area contributed by atoms with E-state index in [-0.39, 0.29) is 0 Å². The average molecular weight is 350 g/mol. The zero-order chi connectivity index (χ0) is 18.0. The summed E-state index contributed by atoms with van der Waals surface area (Å²) in [6, 6.07) is 8.27. The first-order valence-electron chi connectivity index (χ1n) is 10.3. The first kappa shape index (κ1) is 22.0. The molecule has 144 valence electrons. The molecule has 0 aliphatic carbocycles. The summed E-state index contributed by atoms with van der Waals surface area (Å²) in [5, 5.41) is 3.44. The van der Waals surface area contributed by atoms with Gasteiger partial charge in [-0.2, -0.15) is 0 Å². The molecule has 1 aromatic rings. The van der Waals surface area contributed by atoms with Gasteiger partial charge < -0.3 is 14.8 Å². The molecular formula is C22H39NO2. The number of nitrogens with one attached hydrogen (secondary N) is 1. The van der Waals surface area contributed by atoms with Crippen LogP contribution in [0.1, 0.15) is 70.3 Å². The van der Waals surface area contributed by atoms with Crippen molar-refractivity contribution in [2.45, 2.75) is 71.1 Å². The van der Waals surface area contributed by atoms with Gasteiger partial charge in [0.2, 0.25) is 0 Å². The second-order valence-corrected chi connectivity index (χ2v) is 6.79. The molecule has 0 aliphatic heterocycles. The van der Waals surface area contributed by atoms with Crippen molar-refractivity contribution in [3.8, 4) is 5.75 Å². The largest absolute Gasteiger partial charge is 0.497 e. The predicted octanol–water partition coefficient (Wildman–Crippen LogP) is 5.37. The molecule has 25 heavy (non-hydrogen) atoms. The van der Waals surface area contributed by atoms with Crippen LogP contribution in [0, 0.1) is 0 Å². The Balaban J connectivity index is 1.80. The second kappa shape index (κ2) is 16.4. The van der Waals surface area contributed by atoms with E-state index in [9.17, 15) is 0 Å². The summed E-state index contributed by atoms with van der Waals surface area (Å²) in [6.45, 7) is 5.91. The van der Waals surface area contributed by atoms with Crippen LogP contribution in [-0.2, 0) is 11.2 Å². The Bertz CT molecular complexity index is 409. The summed E-state index contributed by atoms with van der Waals surface area (Å²) in [5.74, 6) is 0.932. The minimum atomic E-state index is 0.815. The van der Waals surface area contributed by atoms with Gasteiger partial charge in [0.15, 0.2) is 0 Å². The maximum Gasteiger partial charge on any atom is 0.119 e. The van der Waals surface area contributed by atoms with Crippen molar-refractivity contribution in [3.63, 3.8) is 0 Å². The lowest BCUT2D eigenvalue weighted by Crippen LogP contribution is -2.22. The summed E-state index contributed by atoms with van der Waals surface area (Å²) >= 11 is 0. The lowest BCUT2D eigenvalue weighted by Gasteiger charge is -2.07. The van der Waals surface area contributed by atoms with Crippen LogP contribution >= 0.6 is 0 Å². The number of hydrogen-bond acceptors (Lipinski definition) is 3. The molecule has 0 unspecified atom stereocenters. The molecule has 3 nitrogen and oxygen atoms in total. The highest BCUT2D eigenvalue weighted by Crippen LogP contribution is 2.12. The lowest BCUT2D eigenvalue weighted by molar-refractivity contribution is 0.131. The van der Waals surface area contributed by atoms with Gasteiger partial charge in [0.05, 0.1) is 13.7 Å². The third-order valence-electron chi connectivity index (χ3n) is 4.54. The Labute approximate surface area is 155 Å². The molecule has 0 saturated carbocycles. The van der Waals surface area contributed by atoms with E-state index < -0.39 is 0 Å². The van der Waals surface area contributed by atoms with Gasteiger partial charge in [0, 0.05) is 13.2 Å². The minimum Gasteiger partial charge on any atom is -0.497 e. The van der Waals surface area contributed by atoms with Crippen LogP contribution in [0.2, 0.25) is 0 Å². The van der Waals surface area contributed by atoms with E-state index in [2.05, 4.69) is 24.4 Å². The summed E-state index contributed by atoms with van der Waals surface area (Å²) < 4.78 is 10.9. The van der Waals surface area contributed by atoms with Crippen molar-refractivity contribution in [1.29, 1.82) is 0 Å². The normalized spacial score (nSPS) is 11.0. The molecule has 0 saturated heterocycles. The average Bonchev–Trinajstić information content (AvgIpc) is 2.65. The van der Waals surface area contributed by atoms with Crippen molar-refractivity contribution in [1.82, 2.24) is 5.32 Å².